The predicted octanol–water partition coefficient (Wildman–Crippen LogP) is 7.61. The highest BCUT2D eigenvalue weighted by Crippen LogP contribution is 2.76. The van der Waals surface area contributed by atoms with Crippen LogP contribution in [0.4, 0.5) is 0 Å². The Balaban J connectivity index is 2.20. The van der Waals surface area contributed by atoms with Crippen molar-refractivity contribution >= 4 is 105 Å². The molecule has 1 aliphatic heterocycles. The molecule has 0 N–H and O–H groups in total. The third-order valence-electron chi connectivity index (χ3n) is 1.92. The van der Waals surface area contributed by atoms with Crippen molar-refractivity contribution in [2.75, 3.05) is 0 Å². The molecule has 4 nitrogen and oxygen atoms in total. The summed E-state index contributed by atoms with van der Waals surface area (Å²) in [6.45, 7) is 0. The third kappa shape index (κ3) is 4.00. The maximum Gasteiger partial charge on any atom is 0.202 e. The van der Waals surface area contributed by atoms with Gasteiger partial charge in [0.2, 0.25) is 7.58 Å². The average molecular weight is 474 g/mol. The van der Waals surface area contributed by atoms with Crippen molar-refractivity contribution in [3.63, 3.8) is 0 Å². The zero-order valence-corrected chi connectivity index (χ0v) is 17.0. The Labute approximate surface area is 154 Å². The second-order valence-corrected chi connectivity index (χ2v) is 12.4. The summed E-state index contributed by atoms with van der Waals surface area (Å²) in [5.41, 5.74) is 0. The largest absolute Gasteiger partial charge is 0.393 e. The van der Waals surface area contributed by atoms with E-state index in [4.69, 9.17) is 85.7 Å². The van der Waals surface area contributed by atoms with Crippen LogP contribution in [0.25, 0.3) is 0 Å². The lowest BCUT2D eigenvalue weighted by atomic mass is 10.3. The third-order valence-corrected chi connectivity index (χ3v) is 12.9. The first-order valence-corrected chi connectivity index (χ1v) is 11.5. The van der Waals surface area contributed by atoms with Crippen LogP contribution in [0.5, 0.6) is 5.75 Å². The Hall–Kier alpha value is 2.22. The molecule has 3 unspecified atom stereocenters. The van der Waals surface area contributed by atoms with Gasteiger partial charge in [0.15, 0.2) is 13.3 Å². The molecule has 1 aromatic carbocycles. The van der Waals surface area contributed by atoms with Gasteiger partial charge in [0.05, 0.1) is 18.9 Å². The lowest BCUT2D eigenvalue weighted by Crippen LogP contribution is -2.23. The van der Waals surface area contributed by atoms with E-state index in [9.17, 15) is 0 Å². The van der Waals surface area contributed by atoms with Crippen LogP contribution in [0.2, 0.25) is 15.1 Å². The first-order chi connectivity index (χ1) is 9.32. The van der Waals surface area contributed by atoms with Gasteiger partial charge in [-0.1, -0.05) is 61.9 Å². The van der Waals surface area contributed by atoms with Crippen LogP contribution in [0.3, 0.4) is 0 Å². The number of hydrogen-bond acceptors (Lipinski definition) is 4. The van der Waals surface area contributed by atoms with E-state index in [0.717, 1.165) is 0 Å². The normalized spacial score (nSPS) is 27.1. The highest BCUT2D eigenvalue weighted by atomic mass is 35.7. The van der Waals surface area contributed by atoms with Crippen LogP contribution in [0.15, 0.2) is 12.1 Å². The van der Waals surface area contributed by atoms with E-state index in [2.05, 4.69) is 0 Å². The summed E-state index contributed by atoms with van der Waals surface area (Å²) in [5, 5.41) is 0.681. The molecule has 0 spiro atoms. The highest BCUT2D eigenvalue weighted by Gasteiger charge is 2.41. The van der Waals surface area contributed by atoms with E-state index in [-0.39, 0.29) is 24.7 Å². The monoisotopic (exact) mass is 471 g/mol. The van der Waals surface area contributed by atoms with E-state index in [0.29, 0.717) is 5.02 Å². The average Bonchev–Trinajstić information content (AvgIpc) is 2.42. The molecule has 2 rings (SSSR count). The van der Waals surface area contributed by atoms with Crippen LogP contribution in [0, 0.1) is 0 Å². The minimum absolute atomic E-state index is 0.128. The Morgan fingerprint density at radius 2 is 1.65 bits per heavy atom. The topological polar surface area (TPSA) is 19.0 Å². The van der Waals surface area contributed by atoms with Gasteiger partial charge in [0.25, 0.3) is 0 Å². The highest BCUT2D eigenvalue weighted by molar-refractivity contribution is 8.00. The minimum Gasteiger partial charge on any atom is -0.393 e. The van der Waals surface area contributed by atoms with Gasteiger partial charge < -0.3 is 4.84 Å². The molecule has 0 bridgehead atoms. The lowest BCUT2D eigenvalue weighted by molar-refractivity contribution is 0.140. The Morgan fingerprint density at radius 1 is 1.00 bits per heavy atom. The number of benzene rings is 1. The molecule has 1 fully saturated rings. The maximum atomic E-state index is 6.18. The van der Waals surface area contributed by atoms with Gasteiger partial charge in [-0.3, -0.25) is 0 Å². The zero-order valence-electron chi connectivity index (χ0n) is 8.94. The molecule has 0 aliphatic carbocycles. The molecule has 1 aliphatic rings. The predicted molar refractivity (Wildman–Crippen MR) is 93.2 cm³/mol. The molecule has 1 heterocycles. The van der Waals surface area contributed by atoms with E-state index in [1.54, 1.807) is 12.1 Å². The smallest absolute Gasteiger partial charge is 0.202 e. The summed E-state index contributed by atoms with van der Waals surface area (Å²) < 4.78 is 3.89. The van der Waals surface area contributed by atoms with Crippen molar-refractivity contribution in [2.24, 2.45) is 0 Å². The standard InChI is InChI=1S/C6H3Cl7N3OP3/c7-3-1-2-4(6(9)5(3)8)17-16-18-14(10)19(12)15(11)20(16)13/h1-2,18H. The second kappa shape index (κ2) is 7.86. The molecular weight excluding hydrogens is 471 g/mol. The lowest BCUT2D eigenvalue weighted by Gasteiger charge is -2.39. The van der Waals surface area contributed by atoms with E-state index in [1.165, 1.54) is 12.5 Å². The SMILES string of the molecule is Clc1ccc(ON2PN(Cl)P(Cl)N(Cl)P2Cl)c(Cl)c1Cl. The fourth-order valence-electron chi connectivity index (χ4n) is 1.06. The van der Waals surface area contributed by atoms with Crippen LogP contribution >= 0.6 is 105 Å². The summed E-state index contributed by atoms with van der Waals surface area (Å²) in [6.07, 6.45) is 0. The Morgan fingerprint density at radius 3 is 2.30 bits per heavy atom. The number of nitrogens with zero attached hydrogens (tertiary/aromatic N) is 3. The van der Waals surface area contributed by atoms with Crippen molar-refractivity contribution in [2.45, 2.75) is 0 Å². The molecule has 14 heteroatoms. The molecule has 1 saturated heterocycles. The fourth-order valence-corrected chi connectivity index (χ4v) is 9.28. The first kappa shape index (κ1) is 18.6. The quantitative estimate of drug-likeness (QED) is 0.250. The van der Waals surface area contributed by atoms with Gasteiger partial charge in [0.1, 0.15) is 5.02 Å². The first-order valence-electron chi connectivity index (χ1n) is 4.54. The molecule has 0 saturated carbocycles. The van der Waals surface area contributed by atoms with Gasteiger partial charge in [-0.25, -0.2) is 0 Å². The molecule has 1 aromatic rings. The van der Waals surface area contributed by atoms with Crippen LogP contribution in [-0.4, -0.2) is 12.5 Å². The Kier molecular flexibility index (Phi) is 7.29. The van der Waals surface area contributed by atoms with Gasteiger partial charge in [-0.05, 0) is 35.7 Å². The summed E-state index contributed by atoms with van der Waals surface area (Å²) >= 11 is 41.9. The number of halogens is 7. The van der Waals surface area contributed by atoms with Crippen molar-refractivity contribution in [3.05, 3.63) is 27.2 Å². The zero-order chi connectivity index (χ0) is 15.0. The van der Waals surface area contributed by atoms with Gasteiger partial charge in [0, 0.05) is 0 Å². The number of rotatable bonds is 2. The van der Waals surface area contributed by atoms with Crippen molar-refractivity contribution in [1.82, 2.24) is 12.5 Å². The van der Waals surface area contributed by atoms with E-state index in [1.807, 2.05) is 0 Å². The molecule has 0 radical (unpaired) electrons. The minimum atomic E-state index is -1.51. The van der Waals surface area contributed by atoms with Crippen molar-refractivity contribution in [3.8, 4) is 5.75 Å². The number of hydrogen-bond donors (Lipinski definition) is 0. The summed E-state index contributed by atoms with van der Waals surface area (Å²) in [4.78, 5) is 5.59. The molecular formula is C6H3Cl7N3OP3. The van der Waals surface area contributed by atoms with Crippen LogP contribution in [0.1, 0.15) is 0 Å². The second-order valence-electron chi connectivity index (χ2n) is 3.12. The molecule has 20 heavy (non-hydrogen) atoms. The van der Waals surface area contributed by atoms with Crippen molar-refractivity contribution < 1.29 is 4.84 Å². The maximum absolute atomic E-state index is 6.18. The van der Waals surface area contributed by atoms with E-state index >= 15 is 0 Å². The van der Waals surface area contributed by atoms with Gasteiger partial charge in [-0.15, -0.1) is 7.92 Å². The summed E-state index contributed by atoms with van der Waals surface area (Å²) in [7, 11) is -3.03. The summed E-state index contributed by atoms with van der Waals surface area (Å²) in [5.74, 6) is 0.289. The molecule has 0 aromatic heterocycles. The van der Waals surface area contributed by atoms with E-state index < -0.39 is 15.2 Å². The van der Waals surface area contributed by atoms with Gasteiger partial charge >= 0.3 is 0 Å². The van der Waals surface area contributed by atoms with Crippen molar-refractivity contribution in [1.29, 1.82) is 0 Å². The molecule has 0 amide bonds. The fraction of sp³-hybridized carbons (Fsp3) is 0. The van der Waals surface area contributed by atoms with Gasteiger partial charge in [-0.2, -0.15) is 0 Å². The summed E-state index contributed by atoms with van der Waals surface area (Å²) in [6, 6.07) is 3.12. The molecule has 3 atom stereocenters. The Bertz CT molecular complexity index is 513. The van der Waals surface area contributed by atoms with Crippen LogP contribution < -0.4 is 4.84 Å². The molecule has 112 valence electrons. The van der Waals surface area contributed by atoms with Crippen LogP contribution in [-0.2, 0) is 0 Å².